The number of amides is 1. The summed E-state index contributed by atoms with van der Waals surface area (Å²) in [6.45, 7) is 2.34. The van der Waals surface area contributed by atoms with E-state index in [-0.39, 0.29) is 29.7 Å². The number of nitrogens with one attached hydrogen (secondary N) is 2. The SMILES string of the molecule is CC(NC(=O)/C(C#N)=C\Nc1ccc2c(c1)OCO2)C12CC3CC(CC(C3)C1)C2. The van der Waals surface area contributed by atoms with E-state index >= 15 is 0 Å². The minimum atomic E-state index is -0.302. The zero-order chi connectivity index (χ0) is 20.0. The van der Waals surface area contributed by atoms with Gasteiger partial charge in [-0.1, -0.05) is 0 Å². The third-order valence-electron chi connectivity index (χ3n) is 7.47. The Hall–Kier alpha value is -2.68. The van der Waals surface area contributed by atoms with Crippen LogP contribution in [0.1, 0.15) is 45.4 Å². The summed E-state index contributed by atoms with van der Waals surface area (Å²) < 4.78 is 10.7. The summed E-state index contributed by atoms with van der Waals surface area (Å²) in [5.41, 5.74) is 1.04. The molecule has 4 fully saturated rings. The molecule has 1 amide bonds. The molecule has 1 heterocycles. The van der Waals surface area contributed by atoms with E-state index in [9.17, 15) is 10.1 Å². The molecule has 4 aliphatic carbocycles. The molecule has 1 aromatic rings. The van der Waals surface area contributed by atoms with Gasteiger partial charge in [0.1, 0.15) is 11.6 Å². The predicted molar refractivity (Wildman–Crippen MR) is 108 cm³/mol. The number of rotatable bonds is 5. The molecule has 1 unspecified atom stereocenters. The van der Waals surface area contributed by atoms with Gasteiger partial charge in [0.25, 0.3) is 5.91 Å². The van der Waals surface area contributed by atoms with E-state index in [1.54, 1.807) is 12.1 Å². The minimum Gasteiger partial charge on any atom is -0.454 e. The number of nitriles is 1. The zero-order valence-corrected chi connectivity index (χ0v) is 16.7. The molecule has 0 spiro atoms. The molecule has 6 rings (SSSR count). The van der Waals surface area contributed by atoms with Gasteiger partial charge in [-0.15, -0.1) is 0 Å². The lowest BCUT2D eigenvalue weighted by Crippen LogP contribution is -2.56. The molecule has 4 bridgehead atoms. The lowest BCUT2D eigenvalue weighted by atomic mass is 9.48. The van der Waals surface area contributed by atoms with E-state index < -0.39 is 0 Å². The minimum absolute atomic E-state index is 0.0826. The van der Waals surface area contributed by atoms with Crippen molar-refractivity contribution in [2.45, 2.75) is 51.5 Å². The zero-order valence-electron chi connectivity index (χ0n) is 16.7. The maximum absolute atomic E-state index is 12.8. The van der Waals surface area contributed by atoms with Crippen LogP contribution in [-0.4, -0.2) is 18.7 Å². The number of carbonyl (C=O) groups is 1. The molecule has 0 saturated heterocycles. The lowest BCUT2D eigenvalue weighted by molar-refractivity contribution is -0.122. The van der Waals surface area contributed by atoms with Crippen LogP contribution in [0.3, 0.4) is 0 Å². The molecular formula is C23H27N3O3. The third-order valence-corrected chi connectivity index (χ3v) is 7.47. The number of benzene rings is 1. The largest absolute Gasteiger partial charge is 0.454 e. The standard InChI is InChI=1S/C23H27N3O3/c1-14(23-8-15-4-16(9-23)6-17(5-15)10-23)26-22(27)18(11-24)12-25-19-2-3-20-21(7-19)29-13-28-20/h2-3,7,12,14-17,25H,4-6,8-10,13H2,1H3,(H,26,27)/b18-12-. The molecule has 6 heteroatoms. The number of ether oxygens (including phenoxy) is 2. The Kier molecular flexibility index (Phi) is 4.42. The maximum Gasteiger partial charge on any atom is 0.263 e. The third kappa shape index (κ3) is 3.33. The number of anilines is 1. The van der Waals surface area contributed by atoms with E-state index in [1.165, 1.54) is 44.7 Å². The smallest absolute Gasteiger partial charge is 0.263 e. The fraction of sp³-hybridized carbons (Fsp3) is 0.565. The van der Waals surface area contributed by atoms with Crippen LogP contribution >= 0.6 is 0 Å². The van der Waals surface area contributed by atoms with Gasteiger partial charge < -0.3 is 20.1 Å². The predicted octanol–water partition coefficient (Wildman–Crippen LogP) is 3.96. The van der Waals surface area contributed by atoms with Crippen molar-refractivity contribution < 1.29 is 14.3 Å². The van der Waals surface area contributed by atoms with Crippen molar-refractivity contribution in [3.63, 3.8) is 0 Å². The van der Waals surface area contributed by atoms with Crippen molar-refractivity contribution in [1.82, 2.24) is 5.32 Å². The molecule has 1 aromatic carbocycles. The number of hydrogen-bond donors (Lipinski definition) is 2. The Morgan fingerprint density at radius 2 is 1.83 bits per heavy atom. The number of carbonyl (C=O) groups excluding carboxylic acids is 1. The van der Waals surface area contributed by atoms with Gasteiger partial charge in [0.2, 0.25) is 6.79 Å². The van der Waals surface area contributed by atoms with Gasteiger partial charge in [-0.3, -0.25) is 4.79 Å². The van der Waals surface area contributed by atoms with E-state index in [1.807, 2.05) is 12.1 Å². The monoisotopic (exact) mass is 393 g/mol. The van der Waals surface area contributed by atoms with E-state index in [0.29, 0.717) is 11.5 Å². The summed E-state index contributed by atoms with van der Waals surface area (Å²) in [5.74, 6) is 3.55. The highest BCUT2D eigenvalue weighted by atomic mass is 16.7. The summed E-state index contributed by atoms with van der Waals surface area (Å²) in [4.78, 5) is 12.8. The van der Waals surface area contributed by atoms with Crippen LogP contribution in [0.5, 0.6) is 11.5 Å². The fourth-order valence-electron chi connectivity index (χ4n) is 6.43. The highest BCUT2D eigenvalue weighted by Gasteiger charge is 2.53. The van der Waals surface area contributed by atoms with E-state index in [4.69, 9.17) is 9.47 Å². The molecule has 0 radical (unpaired) electrons. The second kappa shape index (κ2) is 6.98. The molecule has 6 nitrogen and oxygen atoms in total. The Labute approximate surface area is 171 Å². The van der Waals surface area contributed by atoms with Gasteiger partial charge >= 0.3 is 0 Å². The summed E-state index contributed by atoms with van der Waals surface area (Å²) in [6.07, 6.45) is 9.28. The van der Waals surface area contributed by atoms with Crippen LogP contribution in [-0.2, 0) is 4.79 Å². The summed E-state index contributed by atoms with van der Waals surface area (Å²) in [7, 11) is 0. The first-order chi connectivity index (χ1) is 14.0. The van der Waals surface area contributed by atoms with Crippen molar-refractivity contribution in [2.24, 2.45) is 23.2 Å². The second-order valence-electron chi connectivity index (χ2n) is 9.36. The number of hydrogen-bond acceptors (Lipinski definition) is 5. The van der Waals surface area contributed by atoms with Crippen molar-refractivity contribution in [3.05, 3.63) is 30.0 Å². The molecule has 2 N–H and O–H groups in total. The van der Waals surface area contributed by atoms with Gasteiger partial charge in [0.05, 0.1) is 0 Å². The van der Waals surface area contributed by atoms with Crippen molar-refractivity contribution in [2.75, 3.05) is 12.1 Å². The number of nitrogens with zero attached hydrogens (tertiary/aromatic N) is 1. The van der Waals surface area contributed by atoms with E-state index in [0.717, 1.165) is 23.4 Å². The lowest BCUT2D eigenvalue weighted by Gasteiger charge is -2.59. The molecule has 152 valence electrons. The molecule has 4 saturated carbocycles. The average Bonchev–Trinajstić information content (AvgIpc) is 3.15. The molecule has 5 aliphatic rings. The Morgan fingerprint density at radius 3 is 2.48 bits per heavy atom. The Balaban J connectivity index is 1.25. The van der Waals surface area contributed by atoms with E-state index in [2.05, 4.69) is 17.6 Å². The normalized spacial score (nSPS) is 32.6. The van der Waals surface area contributed by atoms with Crippen LogP contribution < -0.4 is 20.1 Å². The quantitative estimate of drug-likeness (QED) is 0.584. The summed E-state index contributed by atoms with van der Waals surface area (Å²) >= 11 is 0. The first-order valence-corrected chi connectivity index (χ1v) is 10.6. The van der Waals surface area contributed by atoms with Crippen LogP contribution in [0.2, 0.25) is 0 Å². The first kappa shape index (κ1) is 18.4. The molecular weight excluding hydrogens is 366 g/mol. The van der Waals surface area contributed by atoms with Crippen molar-refractivity contribution in [3.8, 4) is 17.6 Å². The Bertz CT molecular complexity index is 866. The number of fused-ring (bicyclic) bond motifs is 1. The van der Waals surface area contributed by atoms with Crippen LogP contribution in [0, 0.1) is 34.5 Å². The second-order valence-corrected chi connectivity index (χ2v) is 9.36. The van der Waals surface area contributed by atoms with Crippen molar-refractivity contribution in [1.29, 1.82) is 5.26 Å². The Morgan fingerprint density at radius 1 is 1.17 bits per heavy atom. The van der Waals surface area contributed by atoms with Crippen molar-refractivity contribution >= 4 is 11.6 Å². The summed E-state index contributed by atoms with van der Waals surface area (Å²) in [5, 5.41) is 15.7. The maximum atomic E-state index is 12.8. The molecule has 1 aliphatic heterocycles. The van der Waals surface area contributed by atoms with Gasteiger partial charge in [0.15, 0.2) is 11.5 Å². The first-order valence-electron chi connectivity index (χ1n) is 10.6. The average molecular weight is 393 g/mol. The van der Waals surface area contributed by atoms with Crippen LogP contribution in [0.25, 0.3) is 0 Å². The van der Waals surface area contributed by atoms with Gasteiger partial charge in [0, 0.05) is 24.0 Å². The van der Waals surface area contributed by atoms with Crippen LogP contribution in [0.15, 0.2) is 30.0 Å². The van der Waals surface area contributed by atoms with Gasteiger partial charge in [-0.2, -0.15) is 5.26 Å². The highest BCUT2D eigenvalue weighted by molar-refractivity contribution is 5.97. The van der Waals surface area contributed by atoms with Crippen LogP contribution in [0.4, 0.5) is 5.69 Å². The molecule has 29 heavy (non-hydrogen) atoms. The van der Waals surface area contributed by atoms with Gasteiger partial charge in [-0.05, 0) is 80.8 Å². The molecule has 1 atom stereocenters. The highest BCUT2D eigenvalue weighted by Crippen LogP contribution is 2.61. The fourth-order valence-corrected chi connectivity index (χ4v) is 6.43. The van der Waals surface area contributed by atoms with Gasteiger partial charge in [-0.25, -0.2) is 0 Å². The topological polar surface area (TPSA) is 83.4 Å². The molecule has 0 aromatic heterocycles. The summed E-state index contributed by atoms with van der Waals surface area (Å²) in [6, 6.07) is 7.55.